The third-order valence-corrected chi connectivity index (χ3v) is 5.73. The maximum Gasteiger partial charge on any atom is 0.260 e. The van der Waals surface area contributed by atoms with Crippen molar-refractivity contribution in [1.82, 2.24) is 19.6 Å². The first-order valence-corrected chi connectivity index (χ1v) is 8.35. The van der Waals surface area contributed by atoms with Crippen LogP contribution in [0.2, 0.25) is 0 Å². The molecule has 6 nitrogen and oxygen atoms in total. The highest BCUT2D eigenvalue weighted by Gasteiger charge is 2.35. The highest BCUT2D eigenvalue weighted by Crippen LogP contribution is 2.25. The average Bonchev–Trinajstić information content (AvgIpc) is 3.07. The van der Waals surface area contributed by atoms with Crippen molar-refractivity contribution in [3.63, 3.8) is 0 Å². The maximum absolute atomic E-state index is 12.5. The Hall–Kier alpha value is -0.920. The number of imidazole rings is 1. The van der Waals surface area contributed by atoms with Crippen molar-refractivity contribution in [3.8, 4) is 0 Å². The van der Waals surface area contributed by atoms with Crippen molar-refractivity contribution in [3.05, 3.63) is 12.5 Å². The summed E-state index contributed by atoms with van der Waals surface area (Å²) in [6, 6.07) is 0.682. The van der Waals surface area contributed by atoms with E-state index in [9.17, 15) is 8.42 Å². The number of nitrogens with one attached hydrogen (secondary N) is 2. The lowest BCUT2D eigenvalue weighted by Crippen LogP contribution is -2.48. The van der Waals surface area contributed by atoms with Gasteiger partial charge in [0, 0.05) is 25.2 Å². The van der Waals surface area contributed by atoms with Gasteiger partial charge < -0.3 is 10.3 Å². The quantitative estimate of drug-likeness (QED) is 0.834. The van der Waals surface area contributed by atoms with E-state index < -0.39 is 10.0 Å². The van der Waals surface area contributed by atoms with Crippen LogP contribution in [-0.2, 0) is 10.0 Å². The molecular weight excluding hydrogens is 264 g/mol. The maximum atomic E-state index is 12.5. The molecular formula is C12H20N4O2S. The van der Waals surface area contributed by atoms with E-state index in [1.54, 1.807) is 4.31 Å². The first kappa shape index (κ1) is 13.1. The van der Waals surface area contributed by atoms with Crippen LogP contribution < -0.4 is 5.32 Å². The van der Waals surface area contributed by atoms with E-state index in [2.05, 4.69) is 15.3 Å². The number of nitrogens with zero attached hydrogens (tertiary/aromatic N) is 2. The van der Waals surface area contributed by atoms with Crippen LogP contribution in [-0.4, -0.2) is 47.9 Å². The Bertz CT molecular complexity index is 510. The summed E-state index contributed by atoms with van der Waals surface area (Å²) in [5.41, 5.74) is 0. The van der Waals surface area contributed by atoms with E-state index in [1.165, 1.54) is 25.4 Å². The van der Waals surface area contributed by atoms with Crippen molar-refractivity contribution in [2.75, 3.05) is 13.1 Å². The fourth-order valence-corrected chi connectivity index (χ4v) is 4.19. The molecule has 1 saturated carbocycles. The third kappa shape index (κ3) is 2.82. The van der Waals surface area contributed by atoms with Gasteiger partial charge in [-0.25, -0.2) is 13.4 Å². The van der Waals surface area contributed by atoms with Gasteiger partial charge in [0.2, 0.25) is 0 Å². The lowest BCUT2D eigenvalue weighted by Gasteiger charge is -2.34. The van der Waals surface area contributed by atoms with Gasteiger partial charge in [0.05, 0.1) is 12.5 Å². The van der Waals surface area contributed by atoms with Crippen LogP contribution in [0.3, 0.4) is 0 Å². The van der Waals surface area contributed by atoms with Crippen molar-refractivity contribution in [1.29, 1.82) is 0 Å². The smallest absolute Gasteiger partial charge is 0.260 e. The zero-order valence-corrected chi connectivity index (χ0v) is 11.7. The minimum Gasteiger partial charge on any atom is -0.335 e. The van der Waals surface area contributed by atoms with Crippen molar-refractivity contribution in [2.24, 2.45) is 0 Å². The van der Waals surface area contributed by atoms with Crippen LogP contribution in [0.25, 0.3) is 0 Å². The van der Waals surface area contributed by atoms with Gasteiger partial charge >= 0.3 is 0 Å². The van der Waals surface area contributed by atoms with E-state index in [4.69, 9.17) is 0 Å². The second-order valence-electron chi connectivity index (χ2n) is 5.36. The normalized spacial score (nSPS) is 25.6. The Morgan fingerprint density at radius 2 is 2.21 bits per heavy atom. The summed E-state index contributed by atoms with van der Waals surface area (Å²) in [5, 5.41) is 3.64. The SMILES string of the molecule is O=S(=O)(c1cnc[nH]1)N1CCCCC1CNC1CC1. The zero-order chi connectivity index (χ0) is 13.3. The van der Waals surface area contributed by atoms with Crippen molar-refractivity contribution < 1.29 is 8.42 Å². The molecule has 2 aliphatic rings. The van der Waals surface area contributed by atoms with Crippen LogP contribution in [0.5, 0.6) is 0 Å². The largest absolute Gasteiger partial charge is 0.335 e. The predicted molar refractivity (Wildman–Crippen MR) is 71.1 cm³/mol. The molecule has 0 radical (unpaired) electrons. The number of sulfonamides is 1. The van der Waals surface area contributed by atoms with Gasteiger partial charge in [0.15, 0.2) is 5.03 Å². The van der Waals surface area contributed by atoms with Crippen LogP contribution in [0, 0.1) is 0 Å². The number of aromatic amines is 1. The van der Waals surface area contributed by atoms with Crippen molar-refractivity contribution in [2.45, 2.75) is 49.2 Å². The monoisotopic (exact) mass is 284 g/mol. The van der Waals surface area contributed by atoms with Gasteiger partial charge in [-0.15, -0.1) is 0 Å². The molecule has 3 rings (SSSR count). The highest BCUT2D eigenvalue weighted by atomic mass is 32.2. The molecule has 2 N–H and O–H groups in total. The molecule has 1 aromatic heterocycles. The molecule has 2 fully saturated rings. The first-order chi connectivity index (χ1) is 9.18. The van der Waals surface area contributed by atoms with Gasteiger partial charge in [-0.1, -0.05) is 6.42 Å². The number of rotatable bonds is 5. The lowest BCUT2D eigenvalue weighted by atomic mass is 10.1. The Balaban J connectivity index is 1.75. The predicted octanol–water partition coefficient (Wildman–Crippen LogP) is 0.705. The number of hydrogen-bond acceptors (Lipinski definition) is 4. The van der Waals surface area contributed by atoms with Gasteiger partial charge in [-0.3, -0.25) is 0 Å². The molecule has 106 valence electrons. The molecule has 1 atom stereocenters. The first-order valence-electron chi connectivity index (χ1n) is 6.91. The number of H-pyrrole nitrogens is 1. The molecule has 1 unspecified atom stereocenters. The van der Waals surface area contributed by atoms with Crippen LogP contribution >= 0.6 is 0 Å². The molecule has 1 saturated heterocycles. The standard InChI is InChI=1S/C12H20N4O2S/c17-19(18,12-8-13-9-15-12)16-6-2-1-3-11(16)7-14-10-4-5-10/h8-11,14H,1-7H2,(H,13,15). The number of aromatic nitrogens is 2. The van der Waals surface area contributed by atoms with Gasteiger partial charge in [-0.05, 0) is 25.7 Å². The molecule has 0 aromatic carbocycles. The summed E-state index contributed by atoms with van der Waals surface area (Å²) in [6.07, 6.45) is 8.22. The molecule has 0 spiro atoms. The van der Waals surface area contributed by atoms with Gasteiger partial charge in [0.25, 0.3) is 10.0 Å². The molecule has 1 aliphatic heterocycles. The fraction of sp³-hybridized carbons (Fsp3) is 0.750. The Morgan fingerprint density at radius 3 is 2.89 bits per heavy atom. The molecule has 2 heterocycles. The van der Waals surface area contributed by atoms with E-state index in [1.807, 2.05) is 0 Å². The highest BCUT2D eigenvalue weighted by molar-refractivity contribution is 7.89. The van der Waals surface area contributed by atoms with Crippen LogP contribution in [0.4, 0.5) is 0 Å². The Morgan fingerprint density at radius 1 is 1.37 bits per heavy atom. The summed E-state index contributed by atoms with van der Waals surface area (Å²) in [7, 11) is -3.42. The van der Waals surface area contributed by atoms with E-state index in [0.29, 0.717) is 12.6 Å². The molecule has 19 heavy (non-hydrogen) atoms. The van der Waals surface area contributed by atoms with Crippen molar-refractivity contribution >= 4 is 10.0 Å². The molecule has 1 aliphatic carbocycles. The summed E-state index contributed by atoms with van der Waals surface area (Å²) in [5.74, 6) is 0. The number of piperidine rings is 1. The fourth-order valence-electron chi connectivity index (χ4n) is 2.60. The minimum atomic E-state index is -3.42. The molecule has 7 heteroatoms. The Labute approximate surface area is 113 Å². The minimum absolute atomic E-state index is 0.0719. The summed E-state index contributed by atoms with van der Waals surface area (Å²) in [4.78, 5) is 6.53. The summed E-state index contributed by atoms with van der Waals surface area (Å²) < 4.78 is 26.7. The average molecular weight is 284 g/mol. The van der Waals surface area contributed by atoms with E-state index in [-0.39, 0.29) is 11.1 Å². The summed E-state index contributed by atoms with van der Waals surface area (Å²) >= 11 is 0. The van der Waals surface area contributed by atoms with Crippen LogP contribution in [0.1, 0.15) is 32.1 Å². The second kappa shape index (κ2) is 5.22. The van der Waals surface area contributed by atoms with E-state index in [0.717, 1.165) is 25.8 Å². The molecule has 0 amide bonds. The molecule has 0 bridgehead atoms. The molecule has 1 aromatic rings. The van der Waals surface area contributed by atoms with Gasteiger partial charge in [-0.2, -0.15) is 4.31 Å². The van der Waals surface area contributed by atoms with E-state index >= 15 is 0 Å². The lowest BCUT2D eigenvalue weighted by molar-refractivity contribution is 0.244. The number of hydrogen-bond donors (Lipinski definition) is 2. The third-order valence-electron chi connectivity index (χ3n) is 3.85. The van der Waals surface area contributed by atoms with Crippen LogP contribution in [0.15, 0.2) is 17.6 Å². The topological polar surface area (TPSA) is 78.1 Å². The second-order valence-corrected chi connectivity index (χ2v) is 7.22. The summed E-state index contributed by atoms with van der Waals surface area (Å²) in [6.45, 7) is 1.37. The Kier molecular flexibility index (Phi) is 3.60. The zero-order valence-electron chi connectivity index (χ0n) is 10.9. The van der Waals surface area contributed by atoms with Gasteiger partial charge in [0.1, 0.15) is 0 Å².